The second-order valence-corrected chi connectivity index (χ2v) is 6.15. The quantitative estimate of drug-likeness (QED) is 0.637. The Labute approximate surface area is 127 Å². The second-order valence-electron chi connectivity index (χ2n) is 4.98. The summed E-state index contributed by atoms with van der Waals surface area (Å²) < 4.78 is 0. The van der Waals surface area contributed by atoms with Crippen LogP contribution in [0.5, 0.6) is 0 Å². The monoisotopic (exact) mass is 306 g/mol. The summed E-state index contributed by atoms with van der Waals surface area (Å²) in [6.45, 7) is 2.03. The highest BCUT2D eigenvalue weighted by molar-refractivity contribution is 7.99. The molecule has 0 aliphatic carbocycles. The van der Waals surface area contributed by atoms with Gasteiger partial charge in [-0.3, -0.25) is 19.7 Å². The van der Waals surface area contributed by atoms with Crippen molar-refractivity contribution in [1.29, 1.82) is 0 Å². The molecule has 0 radical (unpaired) electrons. The summed E-state index contributed by atoms with van der Waals surface area (Å²) >= 11 is 1.61. The fraction of sp³-hybridized carbons (Fsp3) is 0.400. The van der Waals surface area contributed by atoms with Crippen LogP contribution in [0.25, 0.3) is 0 Å². The molecule has 1 fully saturated rings. The van der Waals surface area contributed by atoms with Gasteiger partial charge in [0.25, 0.3) is 0 Å². The number of amides is 3. The van der Waals surface area contributed by atoms with Crippen LogP contribution in [0.3, 0.4) is 0 Å². The Hall–Kier alpha value is -1.82. The van der Waals surface area contributed by atoms with Crippen molar-refractivity contribution < 1.29 is 14.4 Å². The van der Waals surface area contributed by atoms with Crippen molar-refractivity contribution in [2.24, 2.45) is 0 Å². The SMILES string of the molecule is Cc1ccc(SCCC(=O)NC2CCC(=O)NC2=O)cc1. The maximum Gasteiger partial charge on any atom is 0.249 e. The van der Waals surface area contributed by atoms with E-state index in [0.717, 1.165) is 4.90 Å². The van der Waals surface area contributed by atoms with Crippen LogP contribution >= 0.6 is 11.8 Å². The van der Waals surface area contributed by atoms with Crippen LogP contribution in [-0.2, 0) is 14.4 Å². The van der Waals surface area contributed by atoms with Gasteiger partial charge in [-0.05, 0) is 25.5 Å². The average Bonchev–Trinajstić information content (AvgIpc) is 2.44. The van der Waals surface area contributed by atoms with E-state index in [1.54, 1.807) is 11.8 Å². The second kappa shape index (κ2) is 7.26. The van der Waals surface area contributed by atoms with E-state index in [-0.39, 0.29) is 18.2 Å². The first-order valence-electron chi connectivity index (χ1n) is 6.87. The van der Waals surface area contributed by atoms with Gasteiger partial charge in [-0.25, -0.2) is 0 Å². The molecule has 1 atom stereocenters. The lowest BCUT2D eigenvalue weighted by Gasteiger charge is -2.21. The van der Waals surface area contributed by atoms with Gasteiger partial charge in [-0.1, -0.05) is 17.7 Å². The third-order valence-corrected chi connectivity index (χ3v) is 4.21. The molecule has 2 rings (SSSR count). The lowest BCUT2D eigenvalue weighted by molar-refractivity contribution is -0.137. The molecule has 3 amide bonds. The highest BCUT2D eigenvalue weighted by Gasteiger charge is 2.27. The Balaban J connectivity index is 1.71. The van der Waals surface area contributed by atoms with Gasteiger partial charge in [0.2, 0.25) is 17.7 Å². The Kier molecular flexibility index (Phi) is 5.38. The predicted octanol–water partition coefficient (Wildman–Crippen LogP) is 1.40. The van der Waals surface area contributed by atoms with E-state index in [4.69, 9.17) is 0 Å². The van der Waals surface area contributed by atoms with E-state index in [1.807, 2.05) is 31.2 Å². The number of nitrogens with one attached hydrogen (secondary N) is 2. The zero-order chi connectivity index (χ0) is 15.2. The molecule has 1 saturated heterocycles. The summed E-state index contributed by atoms with van der Waals surface area (Å²) in [5, 5.41) is 4.89. The number of rotatable bonds is 5. The molecule has 2 N–H and O–H groups in total. The number of piperidine rings is 1. The third-order valence-electron chi connectivity index (χ3n) is 3.19. The first-order valence-corrected chi connectivity index (χ1v) is 7.85. The van der Waals surface area contributed by atoms with Crippen molar-refractivity contribution in [2.45, 2.75) is 37.1 Å². The minimum atomic E-state index is -0.584. The summed E-state index contributed by atoms with van der Waals surface area (Å²) in [5.41, 5.74) is 1.20. The van der Waals surface area contributed by atoms with Crippen LogP contribution in [0, 0.1) is 6.92 Å². The molecule has 1 heterocycles. The van der Waals surface area contributed by atoms with Gasteiger partial charge in [-0.15, -0.1) is 11.8 Å². The Morgan fingerprint density at radius 3 is 2.71 bits per heavy atom. The minimum absolute atomic E-state index is 0.163. The van der Waals surface area contributed by atoms with E-state index in [1.165, 1.54) is 5.56 Å². The molecule has 21 heavy (non-hydrogen) atoms. The van der Waals surface area contributed by atoms with E-state index < -0.39 is 11.9 Å². The van der Waals surface area contributed by atoms with Crippen molar-refractivity contribution >= 4 is 29.5 Å². The zero-order valence-electron chi connectivity index (χ0n) is 11.8. The Morgan fingerprint density at radius 1 is 1.33 bits per heavy atom. The number of aryl methyl sites for hydroxylation is 1. The van der Waals surface area contributed by atoms with Crippen LogP contribution in [0.2, 0.25) is 0 Å². The van der Waals surface area contributed by atoms with E-state index in [0.29, 0.717) is 18.6 Å². The Bertz CT molecular complexity index is 542. The van der Waals surface area contributed by atoms with Gasteiger partial charge in [0.05, 0.1) is 0 Å². The van der Waals surface area contributed by atoms with Gasteiger partial charge >= 0.3 is 0 Å². The fourth-order valence-electron chi connectivity index (χ4n) is 1.99. The molecule has 0 saturated carbocycles. The number of carbonyl (C=O) groups excluding carboxylic acids is 3. The first kappa shape index (κ1) is 15.6. The van der Waals surface area contributed by atoms with Gasteiger partial charge in [0.15, 0.2) is 0 Å². The number of carbonyl (C=O) groups is 3. The first-order chi connectivity index (χ1) is 10.0. The summed E-state index contributed by atoms with van der Waals surface area (Å²) in [7, 11) is 0. The highest BCUT2D eigenvalue weighted by atomic mass is 32.2. The molecule has 1 aromatic rings. The minimum Gasteiger partial charge on any atom is -0.344 e. The van der Waals surface area contributed by atoms with Gasteiger partial charge in [-0.2, -0.15) is 0 Å². The van der Waals surface area contributed by atoms with Gasteiger partial charge < -0.3 is 5.32 Å². The van der Waals surface area contributed by atoms with Crippen LogP contribution in [0.1, 0.15) is 24.8 Å². The number of imide groups is 1. The Morgan fingerprint density at radius 2 is 2.05 bits per heavy atom. The number of benzene rings is 1. The largest absolute Gasteiger partial charge is 0.344 e. The average molecular weight is 306 g/mol. The van der Waals surface area contributed by atoms with E-state index in [2.05, 4.69) is 10.6 Å². The molecule has 0 spiro atoms. The van der Waals surface area contributed by atoms with Crippen LogP contribution in [-0.4, -0.2) is 29.5 Å². The standard InChI is InChI=1S/C15H18N2O3S/c1-10-2-4-11(5-3-10)21-9-8-14(19)16-12-6-7-13(18)17-15(12)20/h2-5,12H,6-9H2,1H3,(H,16,19)(H,17,18,20). The highest BCUT2D eigenvalue weighted by Crippen LogP contribution is 2.19. The maximum atomic E-state index is 11.8. The van der Waals surface area contributed by atoms with Crippen molar-refractivity contribution in [3.63, 3.8) is 0 Å². The topological polar surface area (TPSA) is 75.3 Å². The maximum absolute atomic E-state index is 11.8. The molecule has 1 aliphatic heterocycles. The lowest BCUT2D eigenvalue weighted by atomic mass is 10.1. The smallest absolute Gasteiger partial charge is 0.249 e. The molecule has 6 heteroatoms. The summed E-state index contributed by atoms with van der Waals surface area (Å²) in [6.07, 6.45) is 0.993. The summed E-state index contributed by atoms with van der Waals surface area (Å²) in [5.74, 6) is -0.197. The molecule has 1 aromatic carbocycles. The van der Waals surface area contributed by atoms with Gasteiger partial charge in [0, 0.05) is 23.5 Å². The molecule has 1 unspecified atom stereocenters. The van der Waals surface area contributed by atoms with E-state index >= 15 is 0 Å². The summed E-state index contributed by atoms with van der Waals surface area (Å²) in [6, 6.07) is 7.54. The fourth-order valence-corrected chi connectivity index (χ4v) is 2.85. The van der Waals surface area contributed by atoms with Crippen molar-refractivity contribution in [2.75, 3.05) is 5.75 Å². The van der Waals surface area contributed by atoms with Gasteiger partial charge in [0.1, 0.15) is 6.04 Å². The lowest BCUT2D eigenvalue weighted by Crippen LogP contribution is -2.52. The van der Waals surface area contributed by atoms with Crippen molar-refractivity contribution in [3.05, 3.63) is 29.8 Å². The third kappa shape index (κ3) is 4.90. The van der Waals surface area contributed by atoms with Crippen LogP contribution < -0.4 is 10.6 Å². The number of hydrogen-bond donors (Lipinski definition) is 2. The molecule has 112 valence electrons. The predicted molar refractivity (Wildman–Crippen MR) is 80.8 cm³/mol. The van der Waals surface area contributed by atoms with Crippen molar-refractivity contribution in [1.82, 2.24) is 10.6 Å². The molecular formula is C15H18N2O3S. The summed E-state index contributed by atoms with van der Waals surface area (Å²) in [4.78, 5) is 35.4. The zero-order valence-corrected chi connectivity index (χ0v) is 12.7. The molecular weight excluding hydrogens is 288 g/mol. The van der Waals surface area contributed by atoms with Crippen LogP contribution in [0.4, 0.5) is 0 Å². The van der Waals surface area contributed by atoms with E-state index in [9.17, 15) is 14.4 Å². The molecule has 1 aliphatic rings. The molecule has 0 bridgehead atoms. The molecule has 5 nitrogen and oxygen atoms in total. The normalized spacial score (nSPS) is 18.2. The number of thioether (sulfide) groups is 1. The van der Waals surface area contributed by atoms with Crippen molar-refractivity contribution in [3.8, 4) is 0 Å². The number of hydrogen-bond acceptors (Lipinski definition) is 4. The van der Waals surface area contributed by atoms with Crippen LogP contribution in [0.15, 0.2) is 29.2 Å². The molecule has 0 aromatic heterocycles.